The Morgan fingerprint density at radius 3 is 2.62 bits per heavy atom. The molecule has 1 aromatic carbocycles. The van der Waals surface area contributed by atoms with Crippen LogP contribution in [0.15, 0.2) is 12.1 Å². The number of ether oxygens (including phenoxy) is 1. The van der Waals surface area contributed by atoms with Crippen LogP contribution >= 0.6 is 22.6 Å². The summed E-state index contributed by atoms with van der Waals surface area (Å²) in [5, 5.41) is 0. The third-order valence-electron chi connectivity index (χ3n) is 4.01. The number of carbonyl (C=O) groups is 2. The van der Waals surface area contributed by atoms with E-state index < -0.39 is 5.60 Å². The molecular formula is C19H26INO3. The average Bonchev–Trinajstić information content (AvgIpc) is 2.46. The first-order chi connectivity index (χ1) is 11.2. The van der Waals surface area contributed by atoms with Crippen molar-refractivity contribution >= 4 is 40.2 Å². The lowest BCUT2D eigenvalue weighted by molar-refractivity contribution is -0.154. The largest absolute Gasteiger partial charge is 0.460 e. The highest BCUT2D eigenvalue weighted by Crippen LogP contribution is 2.32. The maximum Gasteiger partial charge on any atom is 0.306 e. The highest BCUT2D eigenvalue weighted by atomic mass is 127. The van der Waals surface area contributed by atoms with Gasteiger partial charge < -0.3 is 9.64 Å². The minimum absolute atomic E-state index is 0.152. The monoisotopic (exact) mass is 443 g/mol. The van der Waals surface area contributed by atoms with E-state index in [-0.39, 0.29) is 11.9 Å². The molecule has 0 fully saturated rings. The minimum Gasteiger partial charge on any atom is -0.460 e. The van der Waals surface area contributed by atoms with Gasteiger partial charge in [0.1, 0.15) is 5.60 Å². The Morgan fingerprint density at radius 1 is 1.29 bits per heavy atom. The lowest BCUT2D eigenvalue weighted by Crippen LogP contribution is -2.35. The summed E-state index contributed by atoms with van der Waals surface area (Å²) < 4.78 is 6.56. The maximum absolute atomic E-state index is 12.1. The van der Waals surface area contributed by atoms with E-state index in [2.05, 4.69) is 34.7 Å². The van der Waals surface area contributed by atoms with Crippen molar-refractivity contribution in [1.29, 1.82) is 0 Å². The van der Waals surface area contributed by atoms with Gasteiger partial charge in [0.2, 0.25) is 5.91 Å². The number of aryl methyl sites for hydroxylation is 2. The zero-order valence-electron chi connectivity index (χ0n) is 14.9. The molecule has 0 saturated carbocycles. The van der Waals surface area contributed by atoms with Gasteiger partial charge in [-0.05, 0) is 92.8 Å². The van der Waals surface area contributed by atoms with E-state index in [9.17, 15) is 9.59 Å². The van der Waals surface area contributed by atoms with Crippen molar-refractivity contribution < 1.29 is 14.3 Å². The molecule has 1 heterocycles. The number of hydrogen-bond donors (Lipinski definition) is 0. The molecule has 5 heteroatoms. The summed E-state index contributed by atoms with van der Waals surface area (Å²) in [6.45, 7) is 8.35. The summed E-state index contributed by atoms with van der Waals surface area (Å²) in [5.74, 6) is 0.0479. The molecule has 24 heavy (non-hydrogen) atoms. The standard InChI is InChI=1S/C19H26INO3/c1-5-21-16-12-13(7-6-8-18(23)24-19(2,3)4)15(20)11-14(16)9-10-17(21)22/h11-12H,5-10H2,1-4H3. The quantitative estimate of drug-likeness (QED) is 0.505. The number of hydrogen-bond acceptors (Lipinski definition) is 3. The number of nitrogens with zero attached hydrogens (tertiary/aromatic N) is 1. The molecule has 1 amide bonds. The zero-order valence-corrected chi connectivity index (χ0v) is 17.1. The maximum atomic E-state index is 12.1. The van der Waals surface area contributed by atoms with Gasteiger partial charge in [0.05, 0.1) is 0 Å². The molecular weight excluding hydrogens is 417 g/mol. The molecule has 132 valence electrons. The fourth-order valence-electron chi connectivity index (χ4n) is 2.96. The Hall–Kier alpha value is -1.11. The van der Waals surface area contributed by atoms with Crippen LogP contribution in [0, 0.1) is 3.57 Å². The zero-order chi connectivity index (χ0) is 17.9. The van der Waals surface area contributed by atoms with Gasteiger partial charge in [-0.3, -0.25) is 9.59 Å². The summed E-state index contributed by atoms with van der Waals surface area (Å²) in [4.78, 5) is 25.8. The van der Waals surface area contributed by atoms with Crippen LogP contribution in [-0.2, 0) is 27.2 Å². The van der Waals surface area contributed by atoms with Crippen molar-refractivity contribution in [2.24, 2.45) is 0 Å². The van der Waals surface area contributed by atoms with Gasteiger partial charge in [-0.2, -0.15) is 0 Å². The molecule has 1 aromatic rings. The van der Waals surface area contributed by atoms with E-state index in [1.165, 1.54) is 14.7 Å². The van der Waals surface area contributed by atoms with E-state index in [1.807, 2.05) is 32.6 Å². The minimum atomic E-state index is -0.431. The van der Waals surface area contributed by atoms with Gasteiger partial charge in [0, 0.05) is 28.6 Å². The third-order valence-corrected chi connectivity index (χ3v) is 5.02. The molecule has 1 aliphatic heterocycles. The number of carbonyl (C=O) groups excluding carboxylic acids is 2. The topological polar surface area (TPSA) is 46.6 Å². The van der Waals surface area contributed by atoms with Crippen molar-refractivity contribution in [3.63, 3.8) is 0 Å². The number of fused-ring (bicyclic) bond motifs is 1. The fraction of sp³-hybridized carbons (Fsp3) is 0.579. The molecule has 0 saturated heterocycles. The Balaban J connectivity index is 2.05. The van der Waals surface area contributed by atoms with E-state index >= 15 is 0 Å². The predicted molar refractivity (Wildman–Crippen MR) is 104 cm³/mol. The normalized spacial score (nSPS) is 14.5. The summed E-state index contributed by atoms with van der Waals surface area (Å²) >= 11 is 2.35. The van der Waals surface area contributed by atoms with Crippen molar-refractivity contribution in [2.45, 2.75) is 65.4 Å². The molecule has 1 aliphatic rings. The summed E-state index contributed by atoms with van der Waals surface area (Å²) in [5.41, 5.74) is 3.06. The number of rotatable bonds is 5. The highest BCUT2D eigenvalue weighted by Gasteiger charge is 2.24. The Kier molecular flexibility index (Phi) is 6.28. The Bertz CT molecular complexity index is 634. The smallest absolute Gasteiger partial charge is 0.306 e. The van der Waals surface area contributed by atoms with Gasteiger partial charge in [-0.25, -0.2) is 0 Å². The molecule has 0 aliphatic carbocycles. The van der Waals surface area contributed by atoms with Crippen LogP contribution in [0.5, 0.6) is 0 Å². The van der Waals surface area contributed by atoms with Crippen LogP contribution in [-0.4, -0.2) is 24.0 Å². The van der Waals surface area contributed by atoms with E-state index in [1.54, 1.807) is 0 Å². The lowest BCUT2D eigenvalue weighted by atomic mass is 9.97. The average molecular weight is 443 g/mol. The molecule has 0 atom stereocenters. The second kappa shape index (κ2) is 7.85. The van der Waals surface area contributed by atoms with Crippen molar-refractivity contribution in [2.75, 3.05) is 11.4 Å². The van der Waals surface area contributed by atoms with Gasteiger partial charge in [-0.1, -0.05) is 0 Å². The van der Waals surface area contributed by atoms with Gasteiger partial charge >= 0.3 is 5.97 Å². The molecule has 0 aromatic heterocycles. The number of amides is 1. The summed E-state index contributed by atoms with van der Waals surface area (Å²) in [6, 6.07) is 4.32. The molecule has 2 rings (SSSR count). The highest BCUT2D eigenvalue weighted by molar-refractivity contribution is 14.1. The first kappa shape index (κ1) is 19.2. The van der Waals surface area contributed by atoms with Gasteiger partial charge in [0.15, 0.2) is 0 Å². The first-order valence-electron chi connectivity index (χ1n) is 8.54. The van der Waals surface area contributed by atoms with Crippen LogP contribution < -0.4 is 4.90 Å². The second-order valence-corrected chi connectivity index (χ2v) is 8.31. The number of benzene rings is 1. The van der Waals surface area contributed by atoms with Crippen LogP contribution in [0.1, 0.15) is 58.1 Å². The van der Waals surface area contributed by atoms with Crippen molar-refractivity contribution in [3.05, 3.63) is 26.8 Å². The van der Waals surface area contributed by atoms with E-state index in [4.69, 9.17) is 4.74 Å². The lowest BCUT2D eigenvalue weighted by Gasteiger charge is -2.29. The Morgan fingerprint density at radius 2 is 2.00 bits per heavy atom. The van der Waals surface area contributed by atoms with Gasteiger partial charge in [0.25, 0.3) is 0 Å². The molecule has 4 nitrogen and oxygen atoms in total. The number of anilines is 1. The molecule has 0 spiro atoms. The van der Waals surface area contributed by atoms with Crippen LogP contribution in [0.4, 0.5) is 5.69 Å². The van der Waals surface area contributed by atoms with Crippen molar-refractivity contribution in [1.82, 2.24) is 0 Å². The molecule has 0 unspecified atom stereocenters. The second-order valence-electron chi connectivity index (χ2n) is 7.15. The molecule has 0 bridgehead atoms. The van der Waals surface area contributed by atoms with E-state index in [0.29, 0.717) is 19.4 Å². The van der Waals surface area contributed by atoms with Gasteiger partial charge in [-0.15, -0.1) is 0 Å². The fourth-order valence-corrected chi connectivity index (χ4v) is 3.76. The van der Waals surface area contributed by atoms with Crippen LogP contribution in [0.3, 0.4) is 0 Å². The first-order valence-corrected chi connectivity index (χ1v) is 9.62. The van der Waals surface area contributed by atoms with Crippen molar-refractivity contribution in [3.8, 4) is 0 Å². The molecule has 0 N–H and O–H groups in total. The Labute approximate surface area is 158 Å². The number of esters is 1. The van der Waals surface area contributed by atoms with Crippen LogP contribution in [0.25, 0.3) is 0 Å². The SMILES string of the molecule is CCN1C(=O)CCc2cc(I)c(CCCC(=O)OC(C)(C)C)cc21. The predicted octanol–water partition coefficient (Wildman–Crippen LogP) is 4.25. The summed E-state index contributed by atoms with van der Waals surface area (Å²) in [7, 11) is 0. The van der Waals surface area contributed by atoms with Crippen LogP contribution in [0.2, 0.25) is 0 Å². The molecule has 0 radical (unpaired) electrons. The third kappa shape index (κ3) is 4.94. The summed E-state index contributed by atoms with van der Waals surface area (Å²) in [6.07, 6.45) is 3.40. The van der Waals surface area contributed by atoms with E-state index in [0.717, 1.165) is 24.9 Å². The number of halogens is 1.